The standard InChI is InChI=1S/C25H38O4/c1-22(2)10-6-11-23(3)15(22)9-12-24(4)16-8-7-14-19(21(28)29-20(14)27)25(16,5)18(26)13-17(23)24/h15-18,20,26-27H,6-13H2,1-5H3/t15-,16-,17+,18+,20?,23-,24-,25+/m0/s1. The van der Waals surface area contributed by atoms with Crippen LogP contribution in [0.15, 0.2) is 11.1 Å². The average molecular weight is 403 g/mol. The van der Waals surface area contributed by atoms with E-state index in [1.54, 1.807) is 0 Å². The van der Waals surface area contributed by atoms with Crippen molar-refractivity contribution in [2.24, 2.45) is 39.4 Å². The lowest BCUT2D eigenvalue weighted by molar-refractivity contribution is -0.217. The fraction of sp³-hybridized carbons (Fsp3) is 0.880. The van der Waals surface area contributed by atoms with Gasteiger partial charge in [-0.25, -0.2) is 4.79 Å². The number of hydrogen-bond donors (Lipinski definition) is 2. The Morgan fingerprint density at radius 3 is 2.31 bits per heavy atom. The van der Waals surface area contributed by atoms with Gasteiger partial charge in [0.2, 0.25) is 6.29 Å². The van der Waals surface area contributed by atoms with Gasteiger partial charge >= 0.3 is 5.97 Å². The van der Waals surface area contributed by atoms with Crippen LogP contribution in [-0.4, -0.2) is 28.6 Å². The highest BCUT2D eigenvalue weighted by molar-refractivity contribution is 5.94. The number of rotatable bonds is 0. The molecule has 0 aromatic carbocycles. The molecule has 3 fully saturated rings. The van der Waals surface area contributed by atoms with Crippen molar-refractivity contribution in [3.05, 3.63) is 11.1 Å². The predicted molar refractivity (Wildman–Crippen MR) is 111 cm³/mol. The highest BCUT2D eigenvalue weighted by Gasteiger charge is 2.69. The molecular formula is C25H38O4. The Bertz CT molecular complexity index is 784. The molecular weight excluding hydrogens is 364 g/mol. The Morgan fingerprint density at radius 1 is 0.897 bits per heavy atom. The minimum absolute atomic E-state index is 0.110. The number of ether oxygens (including phenoxy) is 1. The molecule has 0 aromatic rings. The summed E-state index contributed by atoms with van der Waals surface area (Å²) in [6.07, 6.45) is 6.99. The summed E-state index contributed by atoms with van der Waals surface area (Å²) in [7, 11) is 0. The van der Waals surface area contributed by atoms with Crippen LogP contribution >= 0.6 is 0 Å². The molecule has 1 aliphatic heterocycles. The first kappa shape index (κ1) is 20.1. The average Bonchev–Trinajstić information content (AvgIpc) is 2.91. The molecule has 0 amide bonds. The van der Waals surface area contributed by atoms with Crippen molar-refractivity contribution in [3.8, 4) is 0 Å². The SMILES string of the molecule is CC1(C)CCC[C@]2(C)[C@H]3C[C@@H](O)[C@]4(C)C5=C(CC[C@H]4[C@]3(C)CC[C@@H]12)C(O)OC5=O. The molecule has 5 rings (SSSR count). The Balaban J connectivity index is 1.61. The third-order valence-corrected chi connectivity index (χ3v) is 10.8. The van der Waals surface area contributed by atoms with Gasteiger partial charge in [0.1, 0.15) is 0 Å². The maximum Gasteiger partial charge on any atom is 0.337 e. The van der Waals surface area contributed by atoms with Crippen LogP contribution in [-0.2, 0) is 9.53 Å². The molecule has 1 unspecified atom stereocenters. The Labute approximate surface area is 175 Å². The summed E-state index contributed by atoms with van der Waals surface area (Å²) in [5, 5.41) is 21.8. The van der Waals surface area contributed by atoms with Gasteiger partial charge in [0, 0.05) is 11.0 Å². The number of hydrogen-bond acceptors (Lipinski definition) is 4. The van der Waals surface area contributed by atoms with E-state index in [1.807, 2.05) is 0 Å². The van der Waals surface area contributed by atoms with Gasteiger partial charge in [0.25, 0.3) is 0 Å². The molecule has 3 saturated carbocycles. The van der Waals surface area contributed by atoms with Crippen molar-refractivity contribution in [3.63, 3.8) is 0 Å². The number of aliphatic hydroxyl groups is 2. The topological polar surface area (TPSA) is 66.8 Å². The van der Waals surface area contributed by atoms with Crippen molar-refractivity contribution in [1.82, 2.24) is 0 Å². The van der Waals surface area contributed by atoms with Crippen molar-refractivity contribution >= 4 is 5.97 Å². The molecule has 4 aliphatic carbocycles. The minimum Gasteiger partial charge on any atom is -0.428 e. The van der Waals surface area contributed by atoms with E-state index in [-0.39, 0.29) is 16.7 Å². The van der Waals surface area contributed by atoms with E-state index in [4.69, 9.17) is 4.74 Å². The zero-order valence-corrected chi connectivity index (χ0v) is 18.8. The fourth-order valence-corrected chi connectivity index (χ4v) is 9.60. The molecule has 0 spiro atoms. The van der Waals surface area contributed by atoms with Crippen LogP contribution in [0.1, 0.15) is 86.0 Å². The van der Waals surface area contributed by atoms with Crippen LogP contribution < -0.4 is 0 Å². The zero-order valence-electron chi connectivity index (χ0n) is 18.8. The van der Waals surface area contributed by atoms with Crippen LogP contribution in [0.4, 0.5) is 0 Å². The van der Waals surface area contributed by atoms with Crippen molar-refractivity contribution in [2.75, 3.05) is 0 Å². The predicted octanol–water partition coefficient (Wildman–Crippen LogP) is 4.59. The summed E-state index contributed by atoms with van der Waals surface area (Å²) in [6.45, 7) is 12.0. The van der Waals surface area contributed by atoms with Crippen LogP contribution in [0.3, 0.4) is 0 Å². The number of carbonyl (C=O) groups excluding carboxylic acids is 1. The Morgan fingerprint density at radius 2 is 1.59 bits per heavy atom. The number of carbonyl (C=O) groups is 1. The van der Waals surface area contributed by atoms with Crippen molar-refractivity contribution in [2.45, 2.75) is 98.4 Å². The van der Waals surface area contributed by atoms with E-state index in [0.29, 0.717) is 29.2 Å². The smallest absolute Gasteiger partial charge is 0.337 e. The molecule has 4 heteroatoms. The van der Waals surface area contributed by atoms with Crippen LogP contribution in [0.2, 0.25) is 0 Å². The van der Waals surface area contributed by atoms with Crippen molar-refractivity contribution < 1.29 is 19.7 Å². The second-order valence-electron chi connectivity index (χ2n) is 12.3. The first-order valence-corrected chi connectivity index (χ1v) is 11.8. The van der Waals surface area contributed by atoms with Gasteiger partial charge in [-0.3, -0.25) is 0 Å². The third-order valence-electron chi connectivity index (χ3n) is 10.8. The van der Waals surface area contributed by atoms with Gasteiger partial charge in [0.15, 0.2) is 0 Å². The van der Waals surface area contributed by atoms with Gasteiger partial charge in [0.05, 0.1) is 11.7 Å². The van der Waals surface area contributed by atoms with Crippen LogP contribution in [0, 0.1) is 39.4 Å². The van der Waals surface area contributed by atoms with E-state index >= 15 is 0 Å². The van der Waals surface area contributed by atoms with E-state index in [0.717, 1.165) is 18.4 Å². The normalized spacial score (nSPS) is 53.5. The number of aliphatic hydroxyl groups excluding tert-OH is 2. The summed E-state index contributed by atoms with van der Waals surface area (Å²) in [4.78, 5) is 12.7. The molecule has 162 valence electrons. The van der Waals surface area contributed by atoms with Crippen molar-refractivity contribution in [1.29, 1.82) is 0 Å². The quantitative estimate of drug-likeness (QED) is 0.582. The summed E-state index contributed by atoms with van der Waals surface area (Å²) >= 11 is 0. The highest BCUT2D eigenvalue weighted by Crippen LogP contribution is 2.73. The number of cyclic esters (lactones) is 1. The van der Waals surface area contributed by atoms with E-state index in [9.17, 15) is 15.0 Å². The lowest BCUT2D eigenvalue weighted by Crippen LogP contribution is -2.65. The third kappa shape index (κ3) is 2.31. The molecule has 5 aliphatic rings. The maximum absolute atomic E-state index is 12.7. The molecule has 8 atom stereocenters. The Hall–Kier alpha value is -0.870. The number of esters is 1. The minimum atomic E-state index is -1.11. The van der Waals surface area contributed by atoms with Gasteiger partial charge in [-0.2, -0.15) is 0 Å². The first-order valence-electron chi connectivity index (χ1n) is 11.8. The molecule has 4 nitrogen and oxygen atoms in total. The first-order chi connectivity index (χ1) is 13.5. The van der Waals surface area contributed by atoms with Crippen LogP contribution in [0.5, 0.6) is 0 Å². The lowest BCUT2D eigenvalue weighted by Gasteiger charge is -2.69. The van der Waals surface area contributed by atoms with Crippen LogP contribution in [0.25, 0.3) is 0 Å². The molecule has 0 saturated heterocycles. The fourth-order valence-electron chi connectivity index (χ4n) is 9.60. The summed E-state index contributed by atoms with van der Waals surface area (Å²) in [5.41, 5.74) is 1.45. The lowest BCUT2D eigenvalue weighted by atomic mass is 9.35. The molecule has 1 heterocycles. The van der Waals surface area contributed by atoms with Gasteiger partial charge < -0.3 is 14.9 Å². The summed E-state index contributed by atoms with van der Waals surface area (Å²) in [6, 6.07) is 0. The largest absolute Gasteiger partial charge is 0.428 e. The maximum atomic E-state index is 12.7. The van der Waals surface area contributed by atoms with Gasteiger partial charge in [-0.1, -0.05) is 41.0 Å². The molecule has 0 bridgehead atoms. The Kier molecular flexibility index (Phi) is 4.07. The monoisotopic (exact) mass is 402 g/mol. The van der Waals surface area contributed by atoms with E-state index in [1.165, 1.54) is 32.1 Å². The second-order valence-corrected chi connectivity index (χ2v) is 12.3. The molecule has 0 radical (unpaired) electrons. The van der Waals surface area contributed by atoms with Gasteiger partial charge in [-0.05, 0) is 78.9 Å². The second kappa shape index (κ2) is 5.88. The zero-order chi connectivity index (χ0) is 21.0. The summed E-state index contributed by atoms with van der Waals surface area (Å²) < 4.78 is 5.20. The highest BCUT2D eigenvalue weighted by atomic mass is 16.6. The van der Waals surface area contributed by atoms with E-state index in [2.05, 4.69) is 34.6 Å². The molecule has 0 aromatic heterocycles. The van der Waals surface area contributed by atoms with Gasteiger partial charge in [-0.15, -0.1) is 0 Å². The molecule has 2 N–H and O–H groups in total. The molecule has 29 heavy (non-hydrogen) atoms. The van der Waals surface area contributed by atoms with E-state index < -0.39 is 23.8 Å². The summed E-state index contributed by atoms with van der Waals surface area (Å²) in [5.74, 6) is 1.03. The number of fused-ring (bicyclic) bond motifs is 6.